The zero-order chi connectivity index (χ0) is 34.5. The molecule has 0 radical (unpaired) electrons. The molecule has 7 rings (SSSR count). The molecule has 51 heavy (non-hydrogen) atoms. The number of para-hydroxylation sites is 1. The first-order valence-corrected chi connectivity index (χ1v) is 16.7. The third-order valence-corrected chi connectivity index (χ3v) is 8.00. The van der Waals surface area contributed by atoms with Crippen LogP contribution in [0.1, 0.15) is 44.5 Å². The van der Waals surface area contributed by atoms with E-state index in [4.69, 9.17) is 0 Å². The lowest BCUT2D eigenvalue weighted by molar-refractivity contribution is 1.27. The second kappa shape index (κ2) is 16.1. The molecule has 0 spiro atoms. The van der Waals surface area contributed by atoms with Crippen LogP contribution < -0.4 is 4.90 Å². The Hall–Kier alpha value is -7.42. The van der Waals surface area contributed by atoms with Crippen LogP contribution in [0.4, 0.5) is 17.1 Å². The van der Waals surface area contributed by atoms with Crippen molar-refractivity contribution >= 4 is 17.1 Å². The molecule has 236 valence electrons. The van der Waals surface area contributed by atoms with E-state index in [0.29, 0.717) is 0 Å². The summed E-state index contributed by atoms with van der Waals surface area (Å²) in [5.41, 5.74) is 10.1. The van der Waals surface area contributed by atoms with Crippen molar-refractivity contribution < 1.29 is 0 Å². The second-order valence-corrected chi connectivity index (χ2v) is 11.6. The van der Waals surface area contributed by atoms with Gasteiger partial charge in [-0.2, -0.15) is 0 Å². The molecule has 0 atom stereocenters. The lowest BCUT2D eigenvalue weighted by Gasteiger charge is -2.26. The maximum Gasteiger partial charge on any atom is 0.0474 e. The van der Waals surface area contributed by atoms with E-state index in [2.05, 4.69) is 101 Å². The van der Waals surface area contributed by atoms with Gasteiger partial charge in [0.05, 0.1) is 0 Å². The smallest absolute Gasteiger partial charge is 0.0474 e. The number of hydrogen-bond donors (Lipinski definition) is 0. The molecule has 1 heteroatoms. The lowest BCUT2D eigenvalue weighted by Crippen LogP contribution is -2.11. The Bertz CT molecular complexity index is 2350. The number of benzene rings is 7. The Morgan fingerprint density at radius 2 is 0.529 bits per heavy atom. The van der Waals surface area contributed by atoms with Gasteiger partial charge in [-0.15, -0.1) is 0 Å². The normalized spacial score (nSPS) is 9.73. The summed E-state index contributed by atoms with van der Waals surface area (Å²) >= 11 is 0. The van der Waals surface area contributed by atoms with Crippen molar-refractivity contribution in [2.45, 2.75) is 0 Å². The third-order valence-electron chi connectivity index (χ3n) is 8.00. The van der Waals surface area contributed by atoms with Crippen molar-refractivity contribution in [3.63, 3.8) is 0 Å². The maximum absolute atomic E-state index is 3.44. The molecular weight excluding hydrogens is 615 g/mol. The Balaban J connectivity index is 1.37. The van der Waals surface area contributed by atoms with Gasteiger partial charge in [0.25, 0.3) is 0 Å². The molecule has 0 aliphatic heterocycles. The Kier molecular flexibility index (Phi) is 10.2. The van der Waals surface area contributed by atoms with Crippen molar-refractivity contribution in [3.8, 4) is 47.4 Å². The van der Waals surface area contributed by atoms with Crippen LogP contribution in [0.2, 0.25) is 0 Å². The molecule has 0 aliphatic rings. The Morgan fingerprint density at radius 1 is 0.235 bits per heavy atom. The highest BCUT2D eigenvalue weighted by molar-refractivity contribution is 5.79. The molecule has 0 fully saturated rings. The fraction of sp³-hybridized carbons (Fsp3) is 0. The summed E-state index contributed by atoms with van der Waals surface area (Å²) in [7, 11) is 0. The van der Waals surface area contributed by atoms with Crippen molar-refractivity contribution in [3.05, 3.63) is 233 Å². The predicted molar refractivity (Wildman–Crippen MR) is 211 cm³/mol. The molecule has 0 amide bonds. The highest BCUT2D eigenvalue weighted by Gasteiger charge is 2.15. The fourth-order valence-electron chi connectivity index (χ4n) is 5.44. The largest absolute Gasteiger partial charge is 0.310 e. The summed E-state index contributed by atoms with van der Waals surface area (Å²) in [5, 5.41) is 0. The molecule has 0 aromatic heterocycles. The quantitative estimate of drug-likeness (QED) is 0.173. The van der Waals surface area contributed by atoms with Crippen LogP contribution in [-0.4, -0.2) is 0 Å². The molecule has 0 bridgehead atoms. The molecule has 0 aliphatic carbocycles. The zero-order valence-electron chi connectivity index (χ0n) is 27.8. The van der Waals surface area contributed by atoms with E-state index < -0.39 is 0 Å². The van der Waals surface area contributed by atoms with E-state index >= 15 is 0 Å². The fourth-order valence-corrected chi connectivity index (χ4v) is 5.44. The highest BCUT2D eigenvalue weighted by Crippen LogP contribution is 2.36. The highest BCUT2D eigenvalue weighted by atomic mass is 15.1. The average molecular weight is 646 g/mol. The summed E-state index contributed by atoms with van der Waals surface area (Å²) in [4.78, 5) is 2.23. The molecular formula is C50H31N. The van der Waals surface area contributed by atoms with Crippen molar-refractivity contribution in [1.29, 1.82) is 0 Å². The van der Waals surface area contributed by atoms with Crippen molar-refractivity contribution in [1.82, 2.24) is 0 Å². The van der Waals surface area contributed by atoms with Crippen molar-refractivity contribution in [2.24, 2.45) is 0 Å². The van der Waals surface area contributed by atoms with Crippen LogP contribution in [-0.2, 0) is 0 Å². The summed E-state index contributed by atoms with van der Waals surface area (Å²) in [6, 6.07) is 63.0. The van der Waals surface area contributed by atoms with Gasteiger partial charge >= 0.3 is 0 Å². The number of anilines is 3. The van der Waals surface area contributed by atoms with Gasteiger partial charge < -0.3 is 4.90 Å². The van der Waals surface area contributed by atoms with Crippen LogP contribution in [0.5, 0.6) is 0 Å². The van der Waals surface area contributed by atoms with Gasteiger partial charge in [0.2, 0.25) is 0 Å². The van der Waals surface area contributed by atoms with Gasteiger partial charge in [0.15, 0.2) is 0 Å². The Morgan fingerprint density at radius 3 is 0.863 bits per heavy atom. The van der Waals surface area contributed by atoms with Gasteiger partial charge in [0, 0.05) is 61.6 Å². The van der Waals surface area contributed by atoms with Gasteiger partial charge in [-0.3, -0.25) is 0 Å². The summed E-state index contributed by atoms with van der Waals surface area (Å²) in [6.45, 7) is 0. The minimum atomic E-state index is 0.843. The molecule has 7 aromatic carbocycles. The van der Waals surface area contributed by atoms with Gasteiger partial charge in [-0.05, 0) is 97.1 Å². The number of nitrogens with zero attached hydrogens (tertiary/aromatic N) is 1. The molecule has 0 saturated heterocycles. The first-order valence-electron chi connectivity index (χ1n) is 16.7. The van der Waals surface area contributed by atoms with E-state index in [1.54, 1.807) is 0 Å². The van der Waals surface area contributed by atoms with E-state index in [0.717, 1.165) is 61.6 Å². The Labute approximate surface area is 300 Å². The van der Waals surface area contributed by atoms with Crippen LogP contribution >= 0.6 is 0 Å². The molecule has 0 heterocycles. The number of rotatable bonds is 3. The SMILES string of the molecule is C(#Cc1ccc(N(c2ccccc2)c2ccc(C#Cc3ccccc3)c(C#Cc3ccccc3)c2)cc1C#Cc1ccccc1)c1ccccc1. The van der Waals surface area contributed by atoms with Crippen molar-refractivity contribution in [2.75, 3.05) is 4.90 Å². The van der Waals surface area contributed by atoms with Crippen LogP contribution in [0.25, 0.3) is 0 Å². The molecule has 7 aromatic rings. The van der Waals surface area contributed by atoms with Gasteiger partial charge in [-0.25, -0.2) is 0 Å². The molecule has 0 N–H and O–H groups in total. The van der Waals surface area contributed by atoms with E-state index in [1.807, 2.05) is 140 Å². The first-order chi connectivity index (χ1) is 25.3. The average Bonchev–Trinajstić information content (AvgIpc) is 3.20. The minimum absolute atomic E-state index is 0.843. The summed E-state index contributed by atoms with van der Waals surface area (Å²) < 4.78 is 0. The standard InChI is InChI=1S/C50H31N/c1-6-16-40(17-7-1)26-30-44-34-36-49(38-46(44)32-28-42-20-10-3-11-21-42)51(48-24-14-5-15-25-48)50-37-35-45(31-27-41-18-8-2-9-19-41)47(39-50)33-29-43-22-12-4-13-23-43/h1-25,34-39H. The van der Waals surface area contributed by atoms with E-state index in [9.17, 15) is 0 Å². The minimum Gasteiger partial charge on any atom is -0.310 e. The van der Waals surface area contributed by atoms with Crippen LogP contribution in [0.3, 0.4) is 0 Å². The molecule has 0 saturated carbocycles. The molecule has 1 nitrogen and oxygen atoms in total. The van der Waals surface area contributed by atoms with E-state index in [1.165, 1.54) is 0 Å². The first kappa shape index (κ1) is 32.1. The van der Waals surface area contributed by atoms with Crippen LogP contribution in [0.15, 0.2) is 188 Å². The topological polar surface area (TPSA) is 3.24 Å². The predicted octanol–water partition coefficient (Wildman–Crippen LogP) is 10.8. The monoisotopic (exact) mass is 645 g/mol. The molecule has 0 unspecified atom stereocenters. The van der Waals surface area contributed by atoms with Crippen LogP contribution in [0, 0.1) is 47.4 Å². The lowest BCUT2D eigenvalue weighted by atomic mass is 10.0. The zero-order valence-corrected chi connectivity index (χ0v) is 27.8. The maximum atomic E-state index is 3.44. The summed E-state index contributed by atoms with van der Waals surface area (Å²) in [6.07, 6.45) is 0. The van der Waals surface area contributed by atoms with Gasteiger partial charge in [-0.1, -0.05) is 138 Å². The van der Waals surface area contributed by atoms with Gasteiger partial charge in [0.1, 0.15) is 0 Å². The summed E-state index contributed by atoms with van der Waals surface area (Å²) in [5.74, 6) is 27.0. The third kappa shape index (κ3) is 8.55. The number of hydrogen-bond acceptors (Lipinski definition) is 1. The van der Waals surface area contributed by atoms with E-state index in [-0.39, 0.29) is 0 Å². The second-order valence-electron chi connectivity index (χ2n) is 11.6.